The van der Waals surface area contributed by atoms with Gasteiger partial charge in [0.1, 0.15) is 10.4 Å². The minimum Gasteiger partial charge on any atom is -0.480 e. The molecule has 1 fully saturated rings. The fraction of sp³-hybridized carbons (Fsp3) is 0.312. The fourth-order valence-electron chi connectivity index (χ4n) is 2.27. The summed E-state index contributed by atoms with van der Waals surface area (Å²) in [5.41, 5.74) is 0.627. The van der Waals surface area contributed by atoms with Gasteiger partial charge in [-0.15, -0.1) is 0 Å². The Bertz CT molecular complexity index is 721. The zero-order valence-electron chi connectivity index (χ0n) is 12.8. The average Bonchev–Trinajstić information content (AvgIpc) is 2.78. The summed E-state index contributed by atoms with van der Waals surface area (Å²) in [6.45, 7) is 1.96. The first kappa shape index (κ1) is 19.2. The summed E-state index contributed by atoms with van der Waals surface area (Å²) in [5.74, 6) is -1.45. The number of benzene rings is 1. The quantitative estimate of drug-likeness (QED) is 0.543. The van der Waals surface area contributed by atoms with Crippen LogP contribution in [0.25, 0.3) is 6.08 Å². The van der Waals surface area contributed by atoms with Crippen molar-refractivity contribution in [2.45, 2.75) is 32.2 Å². The molecular weight excluding hydrogens is 389 g/mol. The fourth-order valence-corrected chi connectivity index (χ4v) is 4.08. The van der Waals surface area contributed by atoms with E-state index >= 15 is 0 Å². The van der Waals surface area contributed by atoms with Gasteiger partial charge in [-0.2, -0.15) is 0 Å². The number of thiocarbonyl (C=S) groups is 1. The predicted molar refractivity (Wildman–Crippen MR) is 102 cm³/mol. The molecular formula is C16H15Cl2NO3S2. The van der Waals surface area contributed by atoms with Crippen LogP contribution in [-0.4, -0.2) is 32.2 Å². The molecule has 1 N–H and O–H groups in total. The zero-order valence-corrected chi connectivity index (χ0v) is 15.9. The van der Waals surface area contributed by atoms with Gasteiger partial charge in [-0.05, 0) is 30.2 Å². The molecule has 1 aliphatic heterocycles. The third-order valence-corrected chi connectivity index (χ3v) is 5.39. The molecule has 1 heterocycles. The topological polar surface area (TPSA) is 57.6 Å². The number of carboxylic acids is 1. The van der Waals surface area contributed by atoms with E-state index in [1.54, 1.807) is 24.3 Å². The van der Waals surface area contributed by atoms with Gasteiger partial charge in [-0.1, -0.05) is 73.0 Å². The molecule has 0 aromatic heterocycles. The highest BCUT2D eigenvalue weighted by Gasteiger charge is 2.40. The number of nitrogens with zero attached hydrogens (tertiary/aromatic N) is 1. The molecule has 24 heavy (non-hydrogen) atoms. The van der Waals surface area contributed by atoms with E-state index < -0.39 is 17.9 Å². The number of carbonyl (C=O) groups excluding carboxylic acids is 1. The molecule has 0 radical (unpaired) electrons. The Hall–Kier alpha value is -1.08. The molecule has 1 atom stereocenters. The lowest BCUT2D eigenvalue weighted by Gasteiger charge is -2.22. The molecule has 0 saturated carbocycles. The maximum atomic E-state index is 12.6. The maximum Gasteiger partial charge on any atom is 0.326 e. The maximum absolute atomic E-state index is 12.6. The summed E-state index contributed by atoms with van der Waals surface area (Å²) in [6, 6.07) is 4.01. The van der Waals surface area contributed by atoms with Crippen molar-refractivity contribution in [2.75, 3.05) is 0 Å². The van der Waals surface area contributed by atoms with Gasteiger partial charge in [0.2, 0.25) is 0 Å². The summed E-state index contributed by atoms with van der Waals surface area (Å²) >= 11 is 18.3. The monoisotopic (exact) mass is 403 g/mol. The van der Waals surface area contributed by atoms with E-state index in [0.29, 0.717) is 33.4 Å². The Labute approximate surface area is 159 Å². The summed E-state index contributed by atoms with van der Waals surface area (Å²) < 4.78 is 0.250. The Morgan fingerprint density at radius 2 is 2.17 bits per heavy atom. The molecule has 128 valence electrons. The molecule has 1 saturated heterocycles. The van der Waals surface area contributed by atoms with Gasteiger partial charge >= 0.3 is 5.97 Å². The van der Waals surface area contributed by atoms with E-state index in [1.165, 1.54) is 4.90 Å². The number of amides is 1. The number of aliphatic carboxylic acids is 1. The van der Waals surface area contributed by atoms with Crippen molar-refractivity contribution in [2.24, 2.45) is 0 Å². The van der Waals surface area contributed by atoms with Crippen molar-refractivity contribution < 1.29 is 14.7 Å². The molecule has 1 aliphatic rings. The predicted octanol–water partition coefficient (Wildman–Crippen LogP) is 4.84. The van der Waals surface area contributed by atoms with E-state index in [4.69, 9.17) is 35.4 Å². The Kier molecular flexibility index (Phi) is 6.69. The second-order valence-corrected chi connectivity index (χ2v) is 7.73. The van der Waals surface area contributed by atoms with Crippen molar-refractivity contribution in [3.8, 4) is 0 Å². The highest BCUT2D eigenvalue weighted by Crippen LogP contribution is 2.36. The minimum atomic E-state index is -1.05. The normalized spacial score (nSPS) is 17.6. The van der Waals surface area contributed by atoms with E-state index in [2.05, 4.69) is 0 Å². The Morgan fingerprint density at radius 1 is 1.46 bits per heavy atom. The van der Waals surface area contributed by atoms with Crippen LogP contribution in [0.2, 0.25) is 10.0 Å². The van der Waals surface area contributed by atoms with E-state index in [-0.39, 0.29) is 4.32 Å². The van der Waals surface area contributed by atoms with Crippen LogP contribution in [0.1, 0.15) is 31.7 Å². The first-order valence-corrected chi connectivity index (χ1v) is 9.28. The van der Waals surface area contributed by atoms with Gasteiger partial charge in [0.25, 0.3) is 5.91 Å². The van der Waals surface area contributed by atoms with Crippen LogP contribution in [0.5, 0.6) is 0 Å². The summed E-state index contributed by atoms with van der Waals surface area (Å²) in [5, 5.41) is 10.3. The SMILES string of the molecule is CCCC[C@H](C(=O)O)N1C(=O)/C(=C/c2ccc(Cl)cc2Cl)SC1=S. The number of hydrogen-bond acceptors (Lipinski definition) is 4. The van der Waals surface area contributed by atoms with Crippen molar-refractivity contribution in [1.29, 1.82) is 0 Å². The largest absolute Gasteiger partial charge is 0.480 e. The van der Waals surface area contributed by atoms with Crippen LogP contribution >= 0.6 is 47.2 Å². The number of rotatable bonds is 6. The van der Waals surface area contributed by atoms with Crippen molar-refractivity contribution >= 4 is 69.5 Å². The van der Waals surface area contributed by atoms with E-state index in [0.717, 1.165) is 18.2 Å². The van der Waals surface area contributed by atoms with Crippen molar-refractivity contribution in [3.05, 3.63) is 38.7 Å². The first-order chi connectivity index (χ1) is 11.3. The molecule has 1 amide bonds. The standard InChI is InChI=1S/C16H15Cl2NO3S2/c1-2-3-4-12(15(21)22)19-14(20)13(24-16(19)23)7-9-5-6-10(17)8-11(9)18/h5-8,12H,2-4H2,1H3,(H,21,22)/b13-7-/t12-/m1/s1. The number of hydrogen-bond donors (Lipinski definition) is 1. The smallest absolute Gasteiger partial charge is 0.326 e. The molecule has 8 heteroatoms. The number of thioether (sulfide) groups is 1. The molecule has 0 aliphatic carbocycles. The van der Waals surface area contributed by atoms with Gasteiger partial charge in [0.15, 0.2) is 0 Å². The lowest BCUT2D eigenvalue weighted by molar-refractivity contribution is -0.145. The van der Waals surface area contributed by atoms with Crippen LogP contribution < -0.4 is 0 Å². The molecule has 4 nitrogen and oxygen atoms in total. The van der Waals surface area contributed by atoms with Crippen molar-refractivity contribution in [3.63, 3.8) is 0 Å². The second kappa shape index (κ2) is 8.34. The van der Waals surface area contributed by atoms with Gasteiger partial charge in [-0.3, -0.25) is 9.69 Å². The number of carboxylic acid groups (broad SMARTS) is 1. The van der Waals surface area contributed by atoms with Crippen LogP contribution in [0.3, 0.4) is 0 Å². The minimum absolute atomic E-state index is 0.250. The lowest BCUT2D eigenvalue weighted by atomic mass is 10.1. The Balaban J connectivity index is 2.30. The number of halogens is 2. The lowest BCUT2D eigenvalue weighted by Crippen LogP contribution is -2.43. The van der Waals surface area contributed by atoms with E-state index in [9.17, 15) is 14.7 Å². The van der Waals surface area contributed by atoms with Crippen LogP contribution in [0.4, 0.5) is 0 Å². The van der Waals surface area contributed by atoms with Gasteiger partial charge < -0.3 is 5.11 Å². The van der Waals surface area contributed by atoms with Crippen molar-refractivity contribution in [1.82, 2.24) is 4.90 Å². The summed E-state index contributed by atoms with van der Waals surface area (Å²) in [6.07, 6.45) is 3.52. The second-order valence-electron chi connectivity index (χ2n) is 5.21. The number of unbranched alkanes of at least 4 members (excludes halogenated alkanes) is 1. The summed E-state index contributed by atoms with van der Waals surface area (Å²) in [4.78, 5) is 25.7. The average molecular weight is 404 g/mol. The highest BCUT2D eigenvalue weighted by molar-refractivity contribution is 8.26. The van der Waals surface area contributed by atoms with Gasteiger partial charge in [0, 0.05) is 10.0 Å². The summed E-state index contributed by atoms with van der Waals surface area (Å²) in [7, 11) is 0. The third-order valence-electron chi connectivity index (χ3n) is 3.50. The number of carbonyl (C=O) groups is 2. The zero-order chi connectivity index (χ0) is 17.9. The molecule has 0 unspecified atom stereocenters. The molecule has 0 spiro atoms. The van der Waals surface area contributed by atoms with Gasteiger partial charge in [-0.25, -0.2) is 4.79 Å². The third kappa shape index (κ3) is 4.30. The first-order valence-electron chi connectivity index (χ1n) is 7.30. The van der Waals surface area contributed by atoms with Crippen LogP contribution in [0, 0.1) is 0 Å². The van der Waals surface area contributed by atoms with Crippen LogP contribution in [0.15, 0.2) is 23.1 Å². The molecule has 1 aromatic rings. The highest BCUT2D eigenvalue weighted by atomic mass is 35.5. The van der Waals surface area contributed by atoms with Crippen LogP contribution in [-0.2, 0) is 9.59 Å². The molecule has 2 rings (SSSR count). The Morgan fingerprint density at radius 3 is 2.75 bits per heavy atom. The van der Waals surface area contributed by atoms with Gasteiger partial charge in [0.05, 0.1) is 4.91 Å². The molecule has 0 bridgehead atoms. The molecule has 1 aromatic carbocycles. The van der Waals surface area contributed by atoms with E-state index in [1.807, 2.05) is 6.92 Å².